The molecule has 1 aliphatic rings. The van der Waals surface area contributed by atoms with E-state index in [2.05, 4.69) is 0 Å². The Bertz CT molecular complexity index is 531. The molecule has 1 aliphatic heterocycles. The van der Waals surface area contributed by atoms with Crippen LogP contribution in [0, 0.1) is 0 Å². The highest BCUT2D eigenvalue weighted by Gasteiger charge is 2.23. The Balaban J connectivity index is 1.96. The molecule has 2 rings (SSSR count). The van der Waals surface area contributed by atoms with E-state index in [4.69, 9.17) is 9.52 Å². The van der Waals surface area contributed by atoms with Crippen molar-refractivity contribution in [1.82, 2.24) is 9.80 Å². The molecule has 0 bridgehead atoms. The maximum Gasteiger partial charge on any atom is 0.371 e. The zero-order valence-electron chi connectivity index (χ0n) is 11.2. The average molecular weight is 280 g/mol. The van der Waals surface area contributed by atoms with Gasteiger partial charge in [0.2, 0.25) is 11.7 Å². The quantitative estimate of drug-likeness (QED) is 0.875. The Morgan fingerprint density at radius 1 is 1.25 bits per heavy atom. The summed E-state index contributed by atoms with van der Waals surface area (Å²) in [7, 11) is 1.49. The summed E-state index contributed by atoms with van der Waals surface area (Å²) in [5.74, 6) is -2.24. The maximum atomic E-state index is 12.0. The Labute approximate surface area is 115 Å². The molecule has 0 radical (unpaired) electrons. The van der Waals surface area contributed by atoms with Crippen LogP contribution in [0.3, 0.4) is 0 Å². The fourth-order valence-electron chi connectivity index (χ4n) is 2.10. The third kappa shape index (κ3) is 2.98. The maximum absolute atomic E-state index is 12.0. The van der Waals surface area contributed by atoms with Crippen molar-refractivity contribution < 1.29 is 23.9 Å². The van der Waals surface area contributed by atoms with Crippen LogP contribution in [-0.4, -0.2) is 59.4 Å². The van der Waals surface area contributed by atoms with Gasteiger partial charge >= 0.3 is 5.97 Å². The molecule has 1 aromatic rings. The number of amides is 2. The van der Waals surface area contributed by atoms with Crippen molar-refractivity contribution in [2.45, 2.75) is 12.8 Å². The Morgan fingerprint density at radius 3 is 2.40 bits per heavy atom. The molecule has 0 unspecified atom stereocenters. The Morgan fingerprint density at radius 2 is 1.85 bits per heavy atom. The van der Waals surface area contributed by atoms with Crippen LogP contribution in [-0.2, 0) is 4.79 Å². The summed E-state index contributed by atoms with van der Waals surface area (Å²) in [5.41, 5.74) is 0. The van der Waals surface area contributed by atoms with Gasteiger partial charge in [0.05, 0.1) is 6.54 Å². The average Bonchev–Trinajstić information content (AvgIpc) is 3.08. The van der Waals surface area contributed by atoms with Crippen LogP contribution in [0.5, 0.6) is 0 Å². The first-order valence-corrected chi connectivity index (χ1v) is 6.35. The van der Waals surface area contributed by atoms with E-state index in [-0.39, 0.29) is 24.0 Å². The highest BCUT2D eigenvalue weighted by atomic mass is 16.4. The highest BCUT2D eigenvalue weighted by Crippen LogP contribution is 2.12. The second-order valence-corrected chi connectivity index (χ2v) is 4.72. The van der Waals surface area contributed by atoms with Crippen molar-refractivity contribution >= 4 is 17.8 Å². The minimum Gasteiger partial charge on any atom is -0.475 e. The van der Waals surface area contributed by atoms with Gasteiger partial charge in [0, 0.05) is 20.1 Å². The van der Waals surface area contributed by atoms with Gasteiger partial charge in [-0.3, -0.25) is 9.59 Å². The number of aromatic carboxylic acids is 1. The van der Waals surface area contributed by atoms with Crippen molar-refractivity contribution in [2.75, 3.05) is 26.7 Å². The standard InChI is InChI=1S/C13H16N2O5/c1-14(8-11(16)15-6-2-3-7-15)12(17)9-4-5-10(20-9)13(18)19/h4-5H,2-3,6-8H2,1H3,(H,18,19). The predicted molar refractivity (Wildman–Crippen MR) is 68.4 cm³/mol. The second kappa shape index (κ2) is 5.77. The van der Waals surface area contributed by atoms with E-state index < -0.39 is 11.9 Å². The lowest BCUT2D eigenvalue weighted by Crippen LogP contribution is -2.39. The molecule has 7 nitrogen and oxygen atoms in total. The van der Waals surface area contributed by atoms with Crippen LogP contribution in [0.4, 0.5) is 0 Å². The molecular weight excluding hydrogens is 264 g/mol. The Kier molecular flexibility index (Phi) is 4.07. The van der Waals surface area contributed by atoms with E-state index in [0.29, 0.717) is 0 Å². The van der Waals surface area contributed by atoms with Crippen molar-refractivity contribution in [1.29, 1.82) is 0 Å². The molecule has 108 valence electrons. The topological polar surface area (TPSA) is 91.1 Å². The van der Waals surface area contributed by atoms with E-state index in [1.54, 1.807) is 4.90 Å². The van der Waals surface area contributed by atoms with Crippen LogP contribution in [0.2, 0.25) is 0 Å². The van der Waals surface area contributed by atoms with Crippen LogP contribution >= 0.6 is 0 Å². The fourth-order valence-corrected chi connectivity index (χ4v) is 2.10. The number of rotatable bonds is 4. The molecule has 2 amide bonds. The molecule has 1 aromatic heterocycles. The van der Waals surface area contributed by atoms with Gasteiger partial charge in [0.15, 0.2) is 5.76 Å². The van der Waals surface area contributed by atoms with Gasteiger partial charge in [0.25, 0.3) is 5.91 Å². The first-order valence-electron chi connectivity index (χ1n) is 6.35. The number of carbonyl (C=O) groups excluding carboxylic acids is 2. The monoisotopic (exact) mass is 280 g/mol. The number of likely N-dealkylation sites (N-methyl/N-ethyl adjacent to an activating group) is 1. The zero-order valence-corrected chi connectivity index (χ0v) is 11.2. The SMILES string of the molecule is CN(CC(=O)N1CCCC1)C(=O)c1ccc(C(=O)O)o1. The van der Waals surface area contributed by atoms with Crippen LogP contribution < -0.4 is 0 Å². The Hall–Kier alpha value is -2.31. The molecule has 0 atom stereocenters. The summed E-state index contributed by atoms with van der Waals surface area (Å²) in [4.78, 5) is 37.5. The van der Waals surface area contributed by atoms with Crippen molar-refractivity contribution in [3.8, 4) is 0 Å². The van der Waals surface area contributed by atoms with Crippen molar-refractivity contribution in [3.63, 3.8) is 0 Å². The van der Waals surface area contributed by atoms with Gasteiger partial charge in [-0.25, -0.2) is 4.79 Å². The second-order valence-electron chi connectivity index (χ2n) is 4.72. The first-order chi connectivity index (χ1) is 9.49. The molecule has 20 heavy (non-hydrogen) atoms. The lowest BCUT2D eigenvalue weighted by molar-refractivity contribution is -0.130. The lowest BCUT2D eigenvalue weighted by Gasteiger charge is -2.20. The number of carboxylic acid groups (broad SMARTS) is 1. The molecule has 0 aromatic carbocycles. The third-order valence-electron chi connectivity index (χ3n) is 3.21. The van der Waals surface area contributed by atoms with Crippen LogP contribution in [0.15, 0.2) is 16.5 Å². The summed E-state index contributed by atoms with van der Waals surface area (Å²) < 4.78 is 4.92. The van der Waals surface area contributed by atoms with E-state index in [0.717, 1.165) is 25.9 Å². The predicted octanol–water partition coefficient (Wildman–Crippen LogP) is 0.672. The van der Waals surface area contributed by atoms with Gasteiger partial charge in [-0.2, -0.15) is 0 Å². The molecule has 2 heterocycles. The molecule has 0 saturated carbocycles. The normalized spacial score (nSPS) is 14.3. The molecule has 1 saturated heterocycles. The molecule has 0 spiro atoms. The smallest absolute Gasteiger partial charge is 0.371 e. The number of carbonyl (C=O) groups is 3. The van der Waals surface area contributed by atoms with Gasteiger partial charge < -0.3 is 19.3 Å². The molecule has 7 heteroatoms. The van der Waals surface area contributed by atoms with E-state index in [1.807, 2.05) is 0 Å². The number of nitrogens with zero attached hydrogens (tertiary/aromatic N) is 2. The van der Waals surface area contributed by atoms with E-state index in [9.17, 15) is 14.4 Å². The summed E-state index contributed by atoms with van der Waals surface area (Å²) in [6, 6.07) is 2.51. The fraction of sp³-hybridized carbons (Fsp3) is 0.462. The molecule has 1 fully saturated rings. The number of carboxylic acids is 1. The van der Waals surface area contributed by atoms with Gasteiger partial charge in [0.1, 0.15) is 0 Å². The van der Waals surface area contributed by atoms with E-state index in [1.165, 1.54) is 24.1 Å². The summed E-state index contributed by atoms with van der Waals surface area (Å²) in [6.45, 7) is 1.41. The summed E-state index contributed by atoms with van der Waals surface area (Å²) in [6.07, 6.45) is 1.98. The summed E-state index contributed by atoms with van der Waals surface area (Å²) in [5, 5.41) is 8.73. The molecular formula is C13H16N2O5. The largest absolute Gasteiger partial charge is 0.475 e. The number of furan rings is 1. The molecule has 1 N–H and O–H groups in total. The minimum absolute atomic E-state index is 0.0397. The number of likely N-dealkylation sites (tertiary alicyclic amines) is 1. The van der Waals surface area contributed by atoms with E-state index >= 15 is 0 Å². The van der Waals surface area contributed by atoms with Crippen LogP contribution in [0.25, 0.3) is 0 Å². The zero-order chi connectivity index (χ0) is 14.7. The summed E-state index contributed by atoms with van der Waals surface area (Å²) >= 11 is 0. The minimum atomic E-state index is -1.24. The number of hydrogen-bond donors (Lipinski definition) is 1. The number of hydrogen-bond acceptors (Lipinski definition) is 4. The molecule has 0 aliphatic carbocycles. The third-order valence-corrected chi connectivity index (χ3v) is 3.21. The highest BCUT2D eigenvalue weighted by molar-refractivity contribution is 5.95. The van der Waals surface area contributed by atoms with Crippen LogP contribution in [0.1, 0.15) is 34.0 Å². The van der Waals surface area contributed by atoms with Gasteiger partial charge in [-0.05, 0) is 25.0 Å². The van der Waals surface area contributed by atoms with Gasteiger partial charge in [-0.15, -0.1) is 0 Å². The van der Waals surface area contributed by atoms with Crippen molar-refractivity contribution in [3.05, 3.63) is 23.7 Å². The first kappa shape index (κ1) is 14.1. The van der Waals surface area contributed by atoms with Crippen molar-refractivity contribution in [2.24, 2.45) is 0 Å². The lowest BCUT2D eigenvalue weighted by atomic mass is 10.3. The van der Waals surface area contributed by atoms with Gasteiger partial charge in [-0.1, -0.05) is 0 Å².